The molecule has 1 unspecified atom stereocenters. The fraction of sp³-hybridized carbons (Fsp3) is 0.190. The predicted octanol–water partition coefficient (Wildman–Crippen LogP) is 4.06. The summed E-state index contributed by atoms with van der Waals surface area (Å²) in [5.74, 6) is -1.07. The van der Waals surface area contributed by atoms with E-state index in [1.807, 2.05) is 22.8 Å². The largest absolute Gasteiger partial charge is 0.461 e. The minimum absolute atomic E-state index is 0.0655. The highest BCUT2D eigenvalue weighted by Gasteiger charge is 2.32. The van der Waals surface area contributed by atoms with E-state index in [2.05, 4.69) is 9.97 Å². The molecule has 1 atom stereocenters. The maximum atomic E-state index is 13.5. The van der Waals surface area contributed by atoms with Crippen molar-refractivity contribution < 1.29 is 18.0 Å². The van der Waals surface area contributed by atoms with Crippen molar-refractivity contribution in [3.63, 3.8) is 0 Å². The number of rotatable bonds is 3. The van der Waals surface area contributed by atoms with Gasteiger partial charge < -0.3 is 13.9 Å². The second-order valence-corrected chi connectivity index (χ2v) is 6.95. The molecule has 1 aromatic carbocycles. The summed E-state index contributed by atoms with van der Waals surface area (Å²) < 4.78 is 34.3. The van der Waals surface area contributed by atoms with Crippen LogP contribution in [0.3, 0.4) is 0 Å². The van der Waals surface area contributed by atoms with Crippen LogP contribution in [-0.4, -0.2) is 38.4 Å². The molecule has 1 aliphatic rings. The number of carbonyl (C=O) groups excluding carboxylic acids is 1. The van der Waals surface area contributed by atoms with Gasteiger partial charge >= 0.3 is 0 Å². The number of hydrogen-bond donors (Lipinski definition) is 0. The van der Waals surface area contributed by atoms with Crippen LogP contribution in [0.4, 0.5) is 8.78 Å². The Balaban J connectivity index is 1.48. The number of aromatic nitrogens is 3. The van der Waals surface area contributed by atoms with Crippen LogP contribution in [-0.2, 0) is 0 Å². The van der Waals surface area contributed by atoms with Gasteiger partial charge in [-0.25, -0.2) is 18.7 Å². The molecule has 1 aliphatic heterocycles. The highest BCUT2D eigenvalue weighted by atomic mass is 19.2. The highest BCUT2D eigenvalue weighted by molar-refractivity contribution is 5.94. The molecule has 5 rings (SSSR count). The summed E-state index contributed by atoms with van der Waals surface area (Å²) >= 11 is 0. The maximum absolute atomic E-state index is 13.5. The van der Waals surface area contributed by atoms with E-state index in [4.69, 9.17) is 4.42 Å². The quantitative estimate of drug-likeness (QED) is 0.526. The van der Waals surface area contributed by atoms with E-state index >= 15 is 0 Å². The lowest BCUT2D eigenvalue weighted by Crippen LogP contribution is -2.29. The zero-order valence-corrected chi connectivity index (χ0v) is 15.3. The van der Waals surface area contributed by atoms with Crippen LogP contribution in [0.25, 0.3) is 22.7 Å². The van der Waals surface area contributed by atoms with E-state index < -0.39 is 11.6 Å². The average Bonchev–Trinajstić information content (AvgIpc) is 3.47. The summed E-state index contributed by atoms with van der Waals surface area (Å²) in [4.78, 5) is 23.5. The van der Waals surface area contributed by atoms with Gasteiger partial charge in [-0.3, -0.25) is 4.79 Å². The molecule has 0 aliphatic carbocycles. The molecular formula is C21H16F2N4O2. The maximum Gasteiger partial charge on any atom is 0.254 e. The van der Waals surface area contributed by atoms with Gasteiger partial charge in [0, 0.05) is 24.8 Å². The fourth-order valence-corrected chi connectivity index (χ4v) is 3.80. The Hall–Kier alpha value is -3.55. The molecule has 8 heteroatoms. The average molecular weight is 394 g/mol. The van der Waals surface area contributed by atoms with Gasteiger partial charge in [0.2, 0.25) is 0 Å². The SMILES string of the molecule is O=C(c1ccc(F)c(F)c1)N1CCC(n2c(-c3ccco3)nc3cccnc32)C1. The molecule has 0 radical (unpaired) electrons. The van der Waals surface area contributed by atoms with Crippen LogP contribution < -0.4 is 0 Å². The summed E-state index contributed by atoms with van der Waals surface area (Å²) in [5, 5.41) is 0. The number of amides is 1. The van der Waals surface area contributed by atoms with Crippen molar-refractivity contribution in [1.29, 1.82) is 0 Å². The topological polar surface area (TPSA) is 64.2 Å². The number of halogens is 2. The molecule has 1 fully saturated rings. The highest BCUT2D eigenvalue weighted by Crippen LogP contribution is 2.32. The van der Waals surface area contributed by atoms with Crippen molar-refractivity contribution in [2.45, 2.75) is 12.5 Å². The third-order valence-corrected chi connectivity index (χ3v) is 5.17. The number of fused-ring (bicyclic) bond motifs is 1. The van der Waals surface area contributed by atoms with E-state index in [9.17, 15) is 13.6 Å². The van der Waals surface area contributed by atoms with Gasteiger partial charge in [-0.1, -0.05) is 0 Å². The number of furan rings is 1. The van der Waals surface area contributed by atoms with Crippen LogP contribution in [0.5, 0.6) is 0 Å². The van der Waals surface area contributed by atoms with Crippen molar-refractivity contribution in [2.75, 3.05) is 13.1 Å². The predicted molar refractivity (Wildman–Crippen MR) is 101 cm³/mol. The van der Waals surface area contributed by atoms with Gasteiger partial charge in [0.05, 0.1) is 12.3 Å². The zero-order valence-electron chi connectivity index (χ0n) is 15.3. The molecule has 0 spiro atoms. The molecule has 1 amide bonds. The molecule has 3 aromatic heterocycles. The Labute approximate surface area is 164 Å². The number of carbonyl (C=O) groups is 1. The molecule has 1 saturated heterocycles. The number of imidazole rings is 1. The van der Waals surface area contributed by atoms with Crippen molar-refractivity contribution in [1.82, 2.24) is 19.4 Å². The van der Waals surface area contributed by atoms with Crippen molar-refractivity contribution >= 4 is 17.1 Å². The van der Waals surface area contributed by atoms with Crippen molar-refractivity contribution in [2.24, 2.45) is 0 Å². The van der Waals surface area contributed by atoms with Crippen LogP contribution >= 0.6 is 0 Å². The smallest absolute Gasteiger partial charge is 0.254 e. The Morgan fingerprint density at radius 3 is 2.83 bits per heavy atom. The number of likely N-dealkylation sites (tertiary alicyclic amines) is 1. The van der Waals surface area contributed by atoms with Crippen LogP contribution in [0.15, 0.2) is 59.3 Å². The van der Waals surface area contributed by atoms with Crippen LogP contribution in [0.2, 0.25) is 0 Å². The normalized spacial score (nSPS) is 16.6. The molecule has 4 heterocycles. The Bertz CT molecular complexity index is 1200. The molecule has 6 nitrogen and oxygen atoms in total. The van der Waals surface area contributed by atoms with Gasteiger partial charge in [-0.05, 0) is 48.9 Å². The number of benzene rings is 1. The summed E-state index contributed by atoms with van der Waals surface area (Å²) in [7, 11) is 0. The van der Waals surface area contributed by atoms with Gasteiger partial charge in [0.25, 0.3) is 5.91 Å². The van der Waals surface area contributed by atoms with Crippen LogP contribution in [0.1, 0.15) is 22.8 Å². The van der Waals surface area contributed by atoms with Crippen molar-refractivity contribution in [3.05, 3.63) is 72.1 Å². The number of nitrogens with zero attached hydrogens (tertiary/aromatic N) is 4. The van der Waals surface area contributed by atoms with Gasteiger partial charge in [-0.15, -0.1) is 0 Å². The molecule has 146 valence electrons. The Morgan fingerprint density at radius 1 is 1.14 bits per heavy atom. The third kappa shape index (κ3) is 2.97. The van der Waals surface area contributed by atoms with E-state index in [1.54, 1.807) is 23.4 Å². The van der Waals surface area contributed by atoms with E-state index in [0.717, 1.165) is 17.6 Å². The minimum Gasteiger partial charge on any atom is -0.461 e. The van der Waals surface area contributed by atoms with Gasteiger partial charge in [-0.2, -0.15) is 0 Å². The molecule has 0 N–H and O–H groups in total. The Morgan fingerprint density at radius 2 is 2.03 bits per heavy atom. The first-order valence-corrected chi connectivity index (χ1v) is 9.23. The molecule has 0 bridgehead atoms. The molecular weight excluding hydrogens is 378 g/mol. The molecule has 29 heavy (non-hydrogen) atoms. The molecule has 4 aromatic rings. The summed E-state index contributed by atoms with van der Waals surface area (Å²) in [6.45, 7) is 0.903. The molecule has 0 saturated carbocycles. The number of pyridine rings is 1. The second kappa shape index (κ2) is 6.80. The first kappa shape index (κ1) is 17.5. The summed E-state index contributed by atoms with van der Waals surface area (Å²) in [6, 6.07) is 10.5. The van der Waals surface area contributed by atoms with Gasteiger partial charge in [0.1, 0.15) is 5.52 Å². The summed E-state index contributed by atoms with van der Waals surface area (Å²) in [6.07, 6.45) is 3.97. The monoisotopic (exact) mass is 394 g/mol. The standard InChI is InChI=1S/C21H16F2N4O2/c22-15-6-5-13(11-16(15)23)21(28)26-9-7-14(12-26)27-19-17(3-1-8-24-19)25-20(27)18-4-2-10-29-18/h1-6,8,10-11,14H,7,9,12H2. The lowest BCUT2D eigenvalue weighted by Gasteiger charge is -2.18. The van der Waals surface area contributed by atoms with Crippen LogP contribution in [0, 0.1) is 11.6 Å². The minimum atomic E-state index is -1.03. The fourth-order valence-electron chi connectivity index (χ4n) is 3.80. The first-order chi connectivity index (χ1) is 14.1. The first-order valence-electron chi connectivity index (χ1n) is 9.23. The third-order valence-electron chi connectivity index (χ3n) is 5.17. The lowest BCUT2D eigenvalue weighted by atomic mass is 10.2. The van der Waals surface area contributed by atoms with E-state index in [1.165, 1.54) is 6.07 Å². The number of hydrogen-bond acceptors (Lipinski definition) is 4. The second-order valence-electron chi connectivity index (χ2n) is 6.95. The Kier molecular flexibility index (Phi) is 4.12. The lowest BCUT2D eigenvalue weighted by molar-refractivity contribution is 0.0787. The van der Waals surface area contributed by atoms with Crippen molar-refractivity contribution in [3.8, 4) is 11.6 Å². The zero-order chi connectivity index (χ0) is 20.0. The van der Waals surface area contributed by atoms with Gasteiger partial charge in [0.15, 0.2) is 28.9 Å². The summed E-state index contributed by atoms with van der Waals surface area (Å²) in [5.41, 5.74) is 1.58. The van der Waals surface area contributed by atoms with E-state index in [-0.39, 0.29) is 17.5 Å². The van der Waals surface area contributed by atoms with E-state index in [0.29, 0.717) is 36.7 Å².